The lowest BCUT2D eigenvalue weighted by Crippen LogP contribution is -2.14. The van der Waals surface area contributed by atoms with E-state index in [1.165, 1.54) is 0 Å². The highest BCUT2D eigenvalue weighted by Gasteiger charge is 2.11. The molecule has 1 N–H and O–H groups in total. The molecule has 0 atom stereocenters. The van der Waals surface area contributed by atoms with Gasteiger partial charge < -0.3 is 5.32 Å². The normalized spacial score (nSPS) is 10.2. The van der Waals surface area contributed by atoms with Gasteiger partial charge in [0, 0.05) is 15.7 Å². The zero-order chi connectivity index (χ0) is 13.1. The SMILES string of the molecule is Cc1ccccc1NC(=O)c1cccc(Br)c1C. The summed E-state index contributed by atoms with van der Waals surface area (Å²) >= 11 is 3.43. The number of carbonyl (C=O) groups excluding carboxylic acids is 1. The molecule has 0 aliphatic rings. The van der Waals surface area contributed by atoms with E-state index in [0.29, 0.717) is 5.56 Å². The molecule has 0 radical (unpaired) electrons. The van der Waals surface area contributed by atoms with Gasteiger partial charge >= 0.3 is 0 Å². The predicted octanol–water partition coefficient (Wildman–Crippen LogP) is 4.32. The molecule has 0 saturated heterocycles. The van der Waals surface area contributed by atoms with E-state index in [1.54, 1.807) is 0 Å². The lowest BCUT2D eigenvalue weighted by molar-refractivity contribution is 0.102. The Morgan fingerprint density at radius 2 is 1.78 bits per heavy atom. The third kappa shape index (κ3) is 2.62. The number of amides is 1. The van der Waals surface area contributed by atoms with E-state index in [2.05, 4.69) is 21.2 Å². The number of hydrogen-bond donors (Lipinski definition) is 1. The first kappa shape index (κ1) is 12.8. The molecular formula is C15H14BrNO. The van der Waals surface area contributed by atoms with Gasteiger partial charge in [0.25, 0.3) is 5.91 Å². The second-order valence-corrected chi connectivity index (χ2v) is 5.04. The Hall–Kier alpha value is -1.61. The quantitative estimate of drug-likeness (QED) is 0.879. The molecule has 18 heavy (non-hydrogen) atoms. The van der Waals surface area contributed by atoms with Crippen LogP contribution in [0.3, 0.4) is 0 Å². The predicted molar refractivity (Wildman–Crippen MR) is 78.0 cm³/mol. The van der Waals surface area contributed by atoms with Crippen LogP contribution in [0.4, 0.5) is 5.69 Å². The molecule has 0 aliphatic carbocycles. The van der Waals surface area contributed by atoms with Gasteiger partial charge in [-0.05, 0) is 43.2 Å². The van der Waals surface area contributed by atoms with Gasteiger partial charge in [0.1, 0.15) is 0 Å². The number of anilines is 1. The molecule has 0 fully saturated rings. The largest absolute Gasteiger partial charge is 0.322 e. The first-order valence-electron chi connectivity index (χ1n) is 5.71. The molecule has 0 aliphatic heterocycles. The van der Waals surface area contributed by atoms with Gasteiger partial charge in [-0.25, -0.2) is 0 Å². The van der Waals surface area contributed by atoms with Crippen LogP contribution in [0.2, 0.25) is 0 Å². The second kappa shape index (κ2) is 5.36. The molecule has 1 amide bonds. The van der Waals surface area contributed by atoms with Crippen molar-refractivity contribution in [2.45, 2.75) is 13.8 Å². The summed E-state index contributed by atoms with van der Waals surface area (Å²) in [6.07, 6.45) is 0. The van der Waals surface area contributed by atoms with Crippen molar-refractivity contribution >= 4 is 27.5 Å². The maximum Gasteiger partial charge on any atom is 0.255 e. The summed E-state index contributed by atoms with van der Waals surface area (Å²) in [7, 11) is 0. The van der Waals surface area contributed by atoms with Crippen LogP contribution in [-0.2, 0) is 0 Å². The van der Waals surface area contributed by atoms with Crippen molar-refractivity contribution < 1.29 is 4.79 Å². The molecule has 0 heterocycles. The molecule has 0 aromatic heterocycles. The van der Waals surface area contributed by atoms with Crippen LogP contribution < -0.4 is 5.32 Å². The summed E-state index contributed by atoms with van der Waals surface area (Å²) in [6.45, 7) is 3.90. The second-order valence-electron chi connectivity index (χ2n) is 4.18. The topological polar surface area (TPSA) is 29.1 Å². The monoisotopic (exact) mass is 303 g/mol. The first-order valence-corrected chi connectivity index (χ1v) is 6.51. The third-order valence-electron chi connectivity index (χ3n) is 2.91. The standard InChI is InChI=1S/C15H14BrNO/c1-10-6-3-4-9-14(10)17-15(18)12-7-5-8-13(16)11(12)2/h3-9H,1-2H3,(H,17,18). The van der Waals surface area contributed by atoms with Crippen LogP contribution in [0.5, 0.6) is 0 Å². The van der Waals surface area contributed by atoms with Crippen LogP contribution in [0, 0.1) is 13.8 Å². The number of rotatable bonds is 2. The molecule has 0 bridgehead atoms. The average molecular weight is 304 g/mol. The molecule has 3 heteroatoms. The van der Waals surface area contributed by atoms with Gasteiger partial charge in [-0.1, -0.05) is 40.2 Å². The summed E-state index contributed by atoms with van der Waals surface area (Å²) in [4.78, 5) is 12.2. The van der Waals surface area contributed by atoms with Crippen LogP contribution in [0.15, 0.2) is 46.9 Å². The van der Waals surface area contributed by atoms with E-state index in [-0.39, 0.29) is 5.91 Å². The van der Waals surface area contributed by atoms with Gasteiger partial charge in [0.2, 0.25) is 0 Å². The minimum atomic E-state index is -0.0805. The van der Waals surface area contributed by atoms with E-state index in [9.17, 15) is 4.79 Å². The van der Waals surface area contributed by atoms with Gasteiger partial charge in [-0.2, -0.15) is 0 Å². The van der Waals surface area contributed by atoms with E-state index in [4.69, 9.17) is 0 Å². The number of benzene rings is 2. The summed E-state index contributed by atoms with van der Waals surface area (Å²) in [6, 6.07) is 13.4. The zero-order valence-electron chi connectivity index (χ0n) is 10.3. The Bertz CT molecular complexity index is 593. The summed E-state index contributed by atoms with van der Waals surface area (Å²) in [5.74, 6) is -0.0805. The minimum Gasteiger partial charge on any atom is -0.322 e. The molecule has 0 spiro atoms. The Balaban J connectivity index is 2.28. The van der Waals surface area contributed by atoms with Crippen LogP contribution >= 0.6 is 15.9 Å². The Morgan fingerprint density at radius 1 is 1.06 bits per heavy atom. The minimum absolute atomic E-state index is 0.0805. The van der Waals surface area contributed by atoms with E-state index >= 15 is 0 Å². The van der Waals surface area contributed by atoms with E-state index in [1.807, 2.05) is 56.3 Å². The fourth-order valence-corrected chi connectivity index (χ4v) is 2.12. The Morgan fingerprint density at radius 3 is 2.50 bits per heavy atom. The molecule has 0 saturated carbocycles. The van der Waals surface area contributed by atoms with Crippen LogP contribution in [0.25, 0.3) is 0 Å². The highest BCUT2D eigenvalue weighted by Crippen LogP contribution is 2.21. The van der Waals surface area contributed by atoms with Crippen molar-refractivity contribution in [3.05, 3.63) is 63.6 Å². The lowest BCUT2D eigenvalue weighted by atomic mass is 10.1. The number of aryl methyl sites for hydroxylation is 1. The number of halogens is 1. The maximum absolute atomic E-state index is 12.2. The molecule has 2 aromatic carbocycles. The van der Waals surface area contributed by atoms with Crippen LogP contribution in [0.1, 0.15) is 21.5 Å². The van der Waals surface area contributed by atoms with Crippen molar-refractivity contribution in [2.75, 3.05) is 5.32 Å². The molecule has 2 aromatic rings. The van der Waals surface area contributed by atoms with E-state index < -0.39 is 0 Å². The highest BCUT2D eigenvalue weighted by atomic mass is 79.9. The molecule has 92 valence electrons. The van der Waals surface area contributed by atoms with Crippen molar-refractivity contribution in [3.8, 4) is 0 Å². The Kier molecular flexibility index (Phi) is 3.82. The van der Waals surface area contributed by atoms with Crippen molar-refractivity contribution in [1.82, 2.24) is 0 Å². The molecular weight excluding hydrogens is 290 g/mol. The van der Waals surface area contributed by atoms with Gasteiger partial charge in [-0.15, -0.1) is 0 Å². The number of para-hydroxylation sites is 1. The molecule has 2 rings (SSSR count). The van der Waals surface area contributed by atoms with Crippen molar-refractivity contribution in [2.24, 2.45) is 0 Å². The number of hydrogen-bond acceptors (Lipinski definition) is 1. The van der Waals surface area contributed by atoms with Crippen molar-refractivity contribution in [3.63, 3.8) is 0 Å². The summed E-state index contributed by atoms with van der Waals surface area (Å²) < 4.78 is 0.944. The zero-order valence-corrected chi connectivity index (χ0v) is 11.9. The summed E-state index contributed by atoms with van der Waals surface area (Å²) in [5, 5.41) is 2.93. The van der Waals surface area contributed by atoms with E-state index in [0.717, 1.165) is 21.3 Å². The fraction of sp³-hybridized carbons (Fsp3) is 0.133. The highest BCUT2D eigenvalue weighted by molar-refractivity contribution is 9.10. The maximum atomic E-state index is 12.2. The molecule has 2 nitrogen and oxygen atoms in total. The summed E-state index contributed by atoms with van der Waals surface area (Å²) in [5.41, 5.74) is 3.54. The van der Waals surface area contributed by atoms with Crippen LogP contribution in [-0.4, -0.2) is 5.91 Å². The first-order chi connectivity index (χ1) is 8.59. The van der Waals surface area contributed by atoms with Gasteiger partial charge in [0.15, 0.2) is 0 Å². The van der Waals surface area contributed by atoms with Gasteiger partial charge in [-0.3, -0.25) is 4.79 Å². The number of carbonyl (C=O) groups is 1. The third-order valence-corrected chi connectivity index (χ3v) is 3.76. The smallest absolute Gasteiger partial charge is 0.255 e. The Labute approximate surface area is 115 Å². The fourth-order valence-electron chi connectivity index (χ4n) is 1.76. The van der Waals surface area contributed by atoms with Gasteiger partial charge in [0.05, 0.1) is 0 Å². The molecule has 0 unspecified atom stereocenters. The number of nitrogens with one attached hydrogen (secondary N) is 1. The average Bonchev–Trinajstić information content (AvgIpc) is 2.35. The van der Waals surface area contributed by atoms with Crippen molar-refractivity contribution in [1.29, 1.82) is 0 Å². The lowest BCUT2D eigenvalue weighted by Gasteiger charge is -2.10.